The minimum absolute atomic E-state index is 0.0155. The predicted octanol–water partition coefficient (Wildman–Crippen LogP) is 3.09. The van der Waals surface area contributed by atoms with Crippen LogP contribution in [0, 0.1) is 5.92 Å². The Morgan fingerprint density at radius 3 is 2.77 bits per heavy atom. The van der Waals surface area contributed by atoms with E-state index in [1.165, 1.54) is 5.56 Å². The zero-order valence-electron chi connectivity index (χ0n) is 14.9. The summed E-state index contributed by atoms with van der Waals surface area (Å²) in [5, 5.41) is 3.04. The van der Waals surface area contributed by atoms with Gasteiger partial charge in [-0.3, -0.25) is 4.79 Å². The van der Waals surface area contributed by atoms with Gasteiger partial charge in [0.2, 0.25) is 0 Å². The molecule has 1 aliphatic heterocycles. The highest BCUT2D eigenvalue weighted by atomic mass is 16.5. The molecule has 1 saturated carbocycles. The first kappa shape index (κ1) is 17.0. The Kier molecular flexibility index (Phi) is 4.89. The van der Waals surface area contributed by atoms with E-state index in [1.807, 2.05) is 36.5 Å². The first-order chi connectivity index (χ1) is 12.7. The summed E-state index contributed by atoms with van der Waals surface area (Å²) in [6, 6.07) is 11.6. The lowest BCUT2D eigenvalue weighted by Crippen LogP contribution is -2.25. The topological polar surface area (TPSA) is 77.2 Å². The number of rotatable bonds is 5. The Morgan fingerprint density at radius 2 is 2.00 bits per heavy atom. The lowest BCUT2D eigenvalue weighted by molar-refractivity contribution is 0.0852. The van der Waals surface area contributed by atoms with Gasteiger partial charge in [-0.05, 0) is 60.3 Å². The Labute approximate surface area is 154 Å². The van der Waals surface area contributed by atoms with Crippen molar-refractivity contribution in [2.45, 2.75) is 31.1 Å². The monoisotopic (exact) mass is 351 g/mol. The molecule has 1 aliphatic carbocycles. The quantitative estimate of drug-likeness (QED) is 0.868. The summed E-state index contributed by atoms with van der Waals surface area (Å²) < 4.78 is 5.46. The Balaban J connectivity index is 1.37. The number of carbonyl (C=O) groups is 1. The molecule has 4 rings (SSSR count). The number of carbonyl (C=O) groups excluding carboxylic acids is 1. The molecule has 26 heavy (non-hydrogen) atoms. The molecule has 0 bridgehead atoms. The summed E-state index contributed by atoms with van der Waals surface area (Å²) in [6.45, 7) is 2.32. The van der Waals surface area contributed by atoms with E-state index >= 15 is 0 Å². The van der Waals surface area contributed by atoms with Gasteiger partial charge in [-0.25, -0.2) is 4.98 Å². The number of nitrogens with one attached hydrogen (secondary N) is 1. The second-order valence-corrected chi connectivity index (χ2v) is 7.31. The van der Waals surface area contributed by atoms with E-state index in [-0.39, 0.29) is 5.91 Å². The standard InChI is InChI=1S/C21H25N3O2/c22-20-19(10-16(12-23-20)14-6-8-26-9-7-14)18-11-17(18)13-24-21(25)15-4-2-1-3-5-15/h1-5,10,12,14,17-18H,6-9,11,13H2,(H2,22,23)(H,24,25). The van der Waals surface area contributed by atoms with Crippen molar-refractivity contribution in [3.05, 3.63) is 59.3 Å². The number of ether oxygens (including phenoxy) is 1. The average molecular weight is 351 g/mol. The summed E-state index contributed by atoms with van der Waals surface area (Å²) in [5.41, 5.74) is 9.27. The molecule has 136 valence electrons. The molecule has 3 N–H and O–H groups in total. The summed E-state index contributed by atoms with van der Waals surface area (Å²) in [6.07, 6.45) is 5.07. The van der Waals surface area contributed by atoms with Crippen molar-refractivity contribution in [1.29, 1.82) is 0 Å². The molecule has 2 unspecified atom stereocenters. The molecule has 1 amide bonds. The normalized spacial score (nSPS) is 22.8. The second-order valence-electron chi connectivity index (χ2n) is 7.31. The average Bonchev–Trinajstić information content (AvgIpc) is 3.47. The second kappa shape index (κ2) is 7.46. The maximum atomic E-state index is 12.2. The fraction of sp³-hybridized carbons (Fsp3) is 0.429. The Bertz CT molecular complexity index is 772. The van der Waals surface area contributed by atoms with Crippen molar-refractivity contribution < 1.29 is 9.53 Å². The minimum atomic E-state index is -0.0155. The summed E-state index contributed by atoms with van der Waals surface area (Å²) in [7, 11) is 0. The third-order valence-corrected chi connectivity index (χ3v) is 5.55. The largest absolute Gasteiger partial charge is 0.383 e. The van der Waals surface area contributed by atoms with Gasteiger partial charge >= 0.3 is 0 Å². The highest BCUT2D eigenvalue weighted by Crippen LogP contribution is 2.49. The van der Waals surface area contributed by atoms with E-state index in [1.54, 1.807) is 0 Å². The molecule has 0 radical (unpaired) electrons. The lowest BCUT2D eigenvalue weighted by Gasteiger charge is -2.22. The van der Waals surface area contributed by atoms with Gasteiger partial charge in [-0.2, -0.15) is 0 Å². The molecule has 5 nitrogen and oxygen atoms in total. The predicted molar refractivity (Wildman–Crippen MR) is 101 cm³/mol. The molecule has 1 aromatic carbocycles. The van der Waals surface area contributed by atoms with Gasteiger partial charge in [0.15, 0.2) is 0 Å². The van der Waals surface area contributed by atoms with E-state index in [2.05, 4.69) is 16.4 Å². The molecule has 1 aromatic heterocycles. The molecule has 2 heterocycles. The van der Waals surface area contributed by atoms with Gasteiger partial charge < -0.3 is 15.8 Å². The van der Waals surface area contributed by atoms with Crippen LogP contribution in [0.3, 0.4) is 0 Å². The van der Waals surface area contributed by atoms with Gasteiger partial charge in [0.1, 0.15) is 5.82 Å². The van der Waals surface area contributed by atoms with Crippen LogP contribution in [0.15, 0.2) is 42.6 Å². The van der Waals surface area contributed by atoms with Crippen molar-refractivity contribution >= 4 is 11.7 Å². The minimum Gasteiger partial charge on any atom is -0.383 e. The summed E-state index contributed by atoms with van der Waals surface area (Å²) in [5.74, 6) is 1.97. The van der Waals surface area contributed by atoms with Crippen molar-refractivity contribution in [2.75, 3.05) is 25.5 Å². The molecular formula is C21H25N3O2. The number of aromatic nitrogens is 1. The smallest absolute Gasteiger partial charge is 0.251 e. The molecule has 2 aromatic rings. The van der Waals surface area contributed by atoms with Crippen LogP contribution < -0.4 is 11.1 Å². The molecule has 2 fully saturated rings. The van der Waals surface area contributed by atoms with E-state index in [4.69, 9.17) is 10.5 Å². The van der Waals surface area contributed by atoms with Gasteiger partial charge in [0.25, 0.3) is 5.91 Å². The highest BCUT2D eigenvalue weighted by molar-refractivity contribution is 5.94. The number of nitrogens with zero attached hydrogens (tertiary/aromatic N) is 1. The zero-order chi connectivity index (χ0) is 17.9. The van der Waals surface area contributed by atoms with Crippen molar-refractivity contribution in [2.24, 2.45) is 5.92 Å². The van der Waals surface area contributed by atoms with Crippen LogP contribution in [0.2, 0.25) is 0 Å². The van der Waals surface area contributed by atoms with E-state index in [0.29, 0.717) is 35.7 Å². The maximum Gasteiger partial charge on any atom is 0.251 e. The van der Waals surface area contributed by atoms with Crippen LogP contribution in [0.25, 0.3) is 0 Å². The molecule has 0 spiro atoms. The first-order valence-electron chi connectivity index (χ1n) is 9.38. The lowest BCUT2D eigenvalue weighted by atomic mass is 9.91. The Morgan fingerprint density at radius 1 is 1.23 bits per heavy atom. The van der Waals surface area contributed by atoms with Gasteiger partial charge in [-0.1, -0.05) is 24.3 Å². The number of pyridine rings is 1. The SMILES string of the molecule is Nc1ncc(C2CCOCC2)cc1C1CC1CNC(=O)c1ccccc1. The molecule has 5 heteroatoms. The van der Waals surface area contributed by atoms with Crippen molar-refractivity contribution in [3.63, 3.8) is 0 Å². The van der Waals surface area contributed by atoms with Gasteiger partial charge in [-0.15, -0.1) is 0 Å². The Hall–Kier alpha value is -2.40. The fourth-order valence-corrected chi connectivity index (χ4v) is 3.83. The number of nitrogen functional groups attached to an aromatic ring is 1. The molecule has 1 saturated heterocycles. The summed E-state index contributed by atoms with van der Waals surface area (Å²) >= 11 is 0. The zero-order valence-corrected chi connectivity index (χ0v) is 14.9. The number of hydrogen-bond donors (Lipinski definition) is 2. The number of amides is 1. The van der Waals surface area contributed by atoms with E-state index < -0.39 is 0 Å². The van der Waals surface area contributed by atoms with Crippen LogP contribution >= 0.6 is 0 Å². The van der Waals surface area contributed by atoms with Gasteiger partial charge in [0, 0.05) is 31.5 Å². The van der Waals surface area contributed by atoms with Gasteiger partial charge in [0.05, 0.1) is 0 Å². The van der Waals surface area contributed by atoms with Crippen LogP contribution in [0.4, 0.5) is 5.82 Å². The highest BCUT2D eigenvalue weighted by Gasteiger charge is 2.40. The third kappa shape index (κ3) is 3.73. The third-order valence-electron chi connectivity index (χ3n) is 5.55. The maximum absolute atomic E-state index is 12.2. The summed E-state index contributed by atoms with van der Waals surface area (Å²) in [4.78, 5) is 16.6. The molecule has 2 atom stereocenters. The number of hydrogen-bond acceptors (Lipinski definition) is 4. The van der Waals surface area contributed by atoms with E-state index in [9.17, 15) is 4.79 Å². The van der Waals surface area contributed by atoms with Crippen LogP contribution in [0.1, 0.15) is 52.6 Å². The fourth-order valence-electron chi connectivity index (χ4n) is 3.83. The first-order valence-corrected chi connectivity index (χ1v) is 9.38. The van der Waals surface area contributed by atoms with Crippen LogP contribution in [0.5, 0.6) is 0 Å². The molecule has 2 aliphatic rings. The molecular weight excluding hydrogens is 326 g/mol. The van der Waals surface area contributed by atoms with Crippen molar-refractivity contribution in [1.82, 2.24) is 10.3 Å². The van der Waals surface area contributed by atoms with E-state index in [0.717, 1.165) is 38.0 Å². The number of anilines is 1. The number of nitrogens with two attached hydrogens (primary N) is 1. The van der Waals surface area contributed by atoms with Crippen molar-refractivity contribution in [3.8, 4) is 0 Å². The van der Waals surface area contributed by atoms with Crippen LogP contribution in [-0.2, 0) is 4.74 Å². The number of benzene rings is 1. The van der Waals surface area contributed by atoms with Crippen LogP contribution in [-0.4, -0.2) is 30.6 Å².